The van der Waals surface area contributed by atoms with Crippen molar-refractivity contribution in [1.29, 1.82) is 0 Å². The van der Waals surface area contributed by atoms with Crippen molar-refractivity contribution in [2.45, 2.75) is 27.7 Å². The van der Waals surface area contributed by atoms with E-state index in [1.807, 2.05) is 158 Å². The molecule has 118 heavy (non-hydrogen) atoms. The number of fused-ring (bicyclic) bond motifs is 16. The number of imidazole rings is 2. The van der Waals surface area contributed by atoms with Crippen molar-refractivity contribution in [2.24, 2.45) is 0 Å². The van der Waals surface area contributed by atoms with Gasteiger partial charge in [0.25, 0.3) is 11.9 Å². The van der Waals surface area contributed by atoms with Crippen LogP contribution >= 0.6 is 0 Å². The molecule has 0 aliphatic carbocycles. The minimum absolute atomic E-state index is 0. The standard InChI is InChI=1S/C40H6.C29H18N4O.C29H16N4O.2C2H4O2.2Pd/c1-3-5-7-9-11-13-15-17-19-21-23-25-27-29-31-33-35-37-39-40-38-36-34-32-30-28-26-24-22-20-18-16-14-12-10-8-6-4-2;2*1-2-12-27-26(11-1)32-29-24-18-21(13-14-22(24)23-9-6-16-31-28(23)33(27)29)34-20-8-5-7-19(17-20)25-10-3-4-15-30-25;2*1-2(3)4;;/h1-2H3;1-18H;1-16H;2*1H3,(H,3,4);;/q;;-2;;;;+2. The molecular formula is C102H48N8O6Pd2. The van der Waals surface area contributed by atoms with E-state index in [2.05, 4.69) is 297 Å². The predicted octanol–water partition coefficient (Wildman–Crippen LogP) is 15.0. The number of rotatable bonds is 6. The van der Waals surface area contributed by atoms with Crippen molar-refractivity contribution in [3.63, 3.8) is 0 Å². The first-order valence-corrected chi connectivity index (χ1v) is 34.2. The van der Waals surface area contributed by atoms with Crippen molar-refractivity contribution in [2.75, 3.05) is 0 Å². The van der Waals surface area contributed by atoms with Crippen LogP contribution in [0.15, 0.2) is 207 Å². The second-order valence-electron chi connectivity index (χ2n) is 22.2. The SMILES string of the molecule is CC#CC#CC#CC#CC#CC#CC#CC#CC#CC#CC#CC#CC#CC#CC#CC#CC#CC#CC#CC.CC(=O)O.CC(=O)O.[Pd+2].[Pd].[c-]1c(Oc2[c-]c3c(cc2)c2cccnc2n2c4ccccc4nc32)cccc1-c1ccccn1.c1ccc(-c2cccc(Oc3ccc4c5cccnc5n5c6ccccc6nc5c4c3)c2)nc1. The summed E-state index contributed by atoms with van der Waals surface area (Å²) < 4.78 is 16.7. The van der Waals surface area contributed by atoms with Crippen LogP contribution in [0.5, 0.6) is 23.0 Å². The van der Waals surface area contributed by atoms with Gasteiger partial charge in [-0.2, -0.15) is 0 Å². The zero-order valence-corrected chi connectivity index (χ0v) is 65.5. The Morgan fingerprint density at radius 1 is 0.331 bits per heavy atom. The first-order chi connectivity index (χ1) is 57.1. The number of ether oxygens (including phenoxy) is 2. The number of nitrogens with zero attached hydrogens (tertiary/aromatic N) is 8. The molecule has 8 aromatic heterocycles. The zero-order valence-electron chi connectivity index (χ0n) is 62.4. The Balaban J connectivity index is 0.000000209. The number of benzene rings is 6. The third kappa shape index (κ3) is 26.0. The summed E-state index contributed by atoms with van der Waals surface area (Å²) >= 11 is 0. The number of pyridine rings is 6. The quantitative estimate of drug-likeness (QED) is 0.0697. The third-order valence-electron chi connectivity index (χ3n) is 14.5. The number of carbonyl (C=O) groups is 2. The van der Waals surface area contributed by atoms with E-state index in [9.17, 15) is 0 Å². The molecule has 6 aromatic carbocycles. The molecule has 0 unspecified atom stereocenters. The van der Waals surface area contributed by atoms with Crippen LogP contribution in [-0.2, 0) is 50.4 Å². The monoisotopic (exact) mass is 1690 g/mol. The van der Waals surface area contributed by atoms with E-state index in [0.29, 0.717) is 11.5 Å². The first-order valence-electron chi connectivity index (χ1n) is 34.2. The van der Waals surface area contributed by atoms with Gasteiger partial charge in [0.2, 0.25) is 0 Å². The van der Waals surface area contributed by atoms with E-state index >= 15 is 0 Å². The molecule has 8 heterocycles. The Hall–Kier alpha value is -17.6. The van der Waals surface area contributed by atoms with Crippen molar-refractivity contribution in [3.8, 4) is 270 Å². The van der Waals surface area contributed by atoms with E-state index in [1.165, 1.54) is 0 Å². The largest absolute Gasteiger partial charge is 2.00 e. The van der Waals surface area contributed by atoms with E-state index in [0.717, 1.165) is 125 Å². The fraction of sp³-hybridized carbons (Fsp3) is 0.0392. The number of carboxylic acid groups (broad SMARTS) is 2. The van der Waals surface area contributed by atoms with Crippen LogP contribution in [0.1, 0.15) is 27.7 Å². The van der Waals surface area contributed by atoms with Gasteiger partial charge in [0, 0.05) is 205 Å². The molecule has 0 amide bonds. The minimum Gasteiger partial charge on any atom is -0.497 e. The van der Waals surface area contributed by atoms with E-state index < -0.39 is 11.9 Å². The van der Waals surface area contributed by atoms with Gasteiger partial charge in [-0.25, -0.2) is 15.0 Å². The molecule has 0 saturated heterocycles. The Morgan fingerprint density at radius 2 is 0.712 bits per heavy atom. The molecule has 14 nitrogen and oxygen atoms in total. The molecule has 0 fully saturated rings. The summed E-state index contributed by atoms with van der Waals surface area (Å²) in [6, 6.07) is 66.8. The van der Waals surface area contributed by atoms with Gasteiger partial charge < -0.3 is 29.1 Å². The van der Waals surface area contributed by atoms with Crippen LogP contribution < -0.4 is 9.47 Å². The average Bonchev–Trinajstić information content (AvgIpc) is 1.55. The summed E-state index contributed by atoms with van der Waals surface area (Å²) in [4.78, 5) is 46.1. The molecule has 2 N–H and O–H groups in total. The van der Waals surface area contributed by atoms with Crippen LogP contribution in [0.3, 0.4) is 0 Å². The number of hydrogen-bond acceptors (Lipinski definition) is 10. The van der Waals surface area contributed by atoms with E-state index in [1.54, 1.807) is 26.2 Å². The van der Waals surface area contributed by atoms with E-state index in [-0.39, 0.29) is 40.8 Å². The maximum atomic E-state index is 9.00. The number of carboxylic acids is 2. The van der Waals surface area contributed by atoms with Gasteiger partial charge in [-0.05, 0) is 216 Å². The molecule has 0 atom stereocenters. The Morgan fingerprint density at radius 3 is 1.17 bits per heavy atom. The number of hydrogen-bond donors (Lipinski definition) is 2. The Labute approximate surface area is 709 Å². The molecule has 0 saturated carbocycles. The van der Waals surface area contributed by atoms with Crippen molar-refractivity contribution < 1.29 is 70.1 Å². The molecule has 0 radical (unpaired) electrons. The molecular weight excluding hydrogens is 1650 g/mol. The molecule has 14 aromatic rings. The average molecular weight is 1690 g/mol. The summed E-state index contributed by atoms with van der Waals surface area (Å²) in [5.41, 5.74) is 11.0. The Kier molecular flexibility index (Phi) is 34.6. The molecule has 552 valence electrons. The van der Waals surface area contributed by atoms with Gasteiger partial charge in [-0.3, -0.25) is 24.0 Å². The molecule has 0 aliphatic heterocycles. The van der Waals surface area contributed by atoms with Crippen LogP contribution in [0.2, 0.25) is 0 Å². The number of aliphatic carboxylic acids is 2. The van der Waals surface area contributed by atoms with Gasteiger partial charge in [-0.15, -0.1) is 29.8 Å². The molecule has 14 rings (SSSR count). The van der Waals surface area contributed by atoms with Gasteiger partial charge in [0.15, 0.2) is 0 Å². The fourth-order valence-corrected chi connectivity index (χ4v) is 10.2. The summed E-state index contributed by atoms with van der Waals surface area (Å²) in [5, 5.41) is 21.0. The summed E-state index contributed by atoms with van der Waals surface area (Å²) in [7, 11) is 0. The molecule has 0 spiro atoms. The summed E-state index contributed by atoms with van der Waals surface area (Å²) in [6.45, 7) is 5.55. The van der Waals surface area contributed by atoms with Crippen LogP contribution in [-0.4, -0.2) is 60.9 Å². The van der Waals surface area contributed by atoms with Gasteiger partial charge >= 0.3 is 20.4 Å². The molecule has 16 heteroatoms. The van der Waals surface area contributed by atoms with Crippen molar-refractivity contribution >= 4 is 88.9 Å². The second-order valence-corrected chi connectivity index (χ2v) is 22.2. The zero-order chi connectivity index (χ0) is 81.0. The predicted molar refractivity (Wildman–Crippen MR) is 454 cm³/mol. The normalized spacial score (nSPS) is 8.41. The maximum absolute atomic E-state index is 9.00. The van der Waals surface area contributed by atoms with Crippen LogP contribution in [0, 0.1) is 237 Å². The number of para-hydroxylation sites is 4. The summed E-state index contributed by atoms with van der Waals surface area (Å²) in [6.07, 6.45) is 7.21. The van der Waals surface area contributed by atoms with Gasteiger partial charge in [-0.1, -0.05) is 101 Å². The van der Waals surface area contributed by atoms with E-state index in [4.69, 9.17) is 44.2 Å². The summed E-state index contributed by atoms with van der Waals surface area (Å²) in [5.74, 6) is 96.7. The molecule has 0 bridgehead atoms. The van der Waals surface area contributed by atoms with Gasteiger partial charge in [0.1, 0.15) is 28.4 Å². The topological polar surface area (TPSA) is 179 Å². The van der Waals surface area contributed by atoms with Crippen LogP contribution in [0.25, 0.3) is 99.5 Å². The fourth-order valence-electron chi connectivity index (χ4n) is 10.2. The smallest absolute Gasteiger partial charge is 0.497 e. The maximum Gasteiger partial charge on any atom is 2.00 e. The molecule has 0 aliphatic rings. The van der Waals surface area contributed by atoms with Crippen LogP contribution in [0.4, 0.5) is 0 Å². The minimum atomic E-state index is -0.833. The second kappa shape index (κ2) is 47.4. The van der Waals surface area contributed by atoms with Crippen molar-refractivity contribution in [1.82, 2.24) is 38.7 Å². The number of aromatic nitrogens is 8. The van der Waals surface area contributed by atoms with Gasteiger partial charge in [0.05, 0.1) is 33.4 Å². The van der Waals surface area contributed by atoms with Crippen molar-refractivity contribution in [3.05, 3.63) is 219 Å². The third-order valence-corrected chi connectivity index (χ3v) is 14.5. The Bertz CT molecular complexity index is 7170. The first kappa shape index (κ1) is 86.0.